The van der Waals surface area contributed by atoms with Crippen LogP contribution in [-0.4, -0.2) is 84.2 Å². The van der Waals surface area contributed by atoms with E-state index in [4.69, 9.17) is 9.47 Å². The van der Waals surface area contributed by atoms with Crippen molar-refractivity contribution >= 4 is 17.7 Å². The molecule has 1 aromatic heterocycles. The predicted molar refractivity (Wildman–Crippen MR) is 148 cm³/mol. The zero-order valence-electron chi connectivity index (χ0n) is 23.4. The molecule has 2 fully saturated rings. The number of hydrogen-bond donors (Lipinski definition) is 1. The van der Waals surface area contributed by atoms with E-state index in [1.807, 2.05) is 11.0 Å². The van der Waals surface area contributed by atoms with Gasteiger partial charge in [-0.3, -0.25) is 14.4 Å². The highest BCUT2D eigenvalue weighted by molar-refractivity contribution is 5.94. The van der Waals surface area contributed by atoms with E-state index < -0.39 is 0 Å². The topological polar surface area (TPSA) is 114 Å². The van der Waals surface area contributed by atoms with Gasteiger partial charge in [0, 0.05) is 45.1 Å². The lowest BCUT2D eigenvalue weighted by Crippen LogP contribution is -2.60. The summed E-state index contributed by atoms with van der Waals surface area (Å²) >= 11 is 0. The Labute approximate surface area is 235 Å². The lowest BCUT2D eigenvalue weighted by molar-refractivity contribution is -0.140. The first kappa shape index (κ1) is 27.9. The minimum Gasteiger partial charge on any atom is -0.493 e. The van der Waals surface area contributed by atoms with Gasteiger partial charge in [-0.05, 0) is 73.6 Å². The van der Waals surface area contributed by atoms with Crippen molar-refractivity contribution in [2.24, 2.45) is 11.8 Å². The third kappa shape index (κ3) is 6.21. The van der Waals surface area contributed by atoms with Crippen molar-refractivity contribution in [3.63, 3.8) is 0 Å². The Hall–Kier alpha value is -3.69. The number of nitrogens with one attached hydrogen (secondary N) is 1. The smallest absolute Gasteiger partial charge is 0.255 e. The number of hydrogen-bond acceptors (Lipinski definition) is 7. The van der Waals surface area contributed by atoms with Crippen LogP contribution in [0.1, 0.15) is 60.0 Å². The molecule has 1 aromatic carbocycles. The molecule has 0 spiro atoms. The summed E-state index contributed by atoms with van der Waals surface area (Å²) in [6, 6.07) is 5.75. The van der Waals surface area contributed by atoms with Gasteiger partial charge in [0.2, 0.25) is 11.8 Å². The van der Waals surface area contributed by atoms with Gasteiger partial charge in [-0.1, -0.05) is 6.07 Å². The SMILES string of the molecule is COc1cc2cc(c1OC)CCCNC(=O)CCC[C@H]1[C@H]3C[C@@H](CN(C(=O)c4ccnnc4)C3)CN1C(=O)CC2. The molecule has 3 aliphatic heterocycles. The summed E-state index contributed by atoms with van der Waals surface area (Å²) in [5, 5.41) is 10.7. The summed E-state index contributed by atoms with van der Waals surface area (Å²) < 4.78 is 11.3. The number of fused-ring (bicyclic) bond motifs is 6. The van der Waals surface area contributed by atoms with Crippen molar-refractivity contribution in [3.8, 4) is 11.5 Å². The zero-order valence-corrected chi connectivity index (χ0v) is 23.4. The predicted octanol–water partition coefficient (Wildman–Crippen LogP) is 2.65. The van der Waals surface area contributed by atoms with E-state index in [1.54, 1.807) is 20.3 Å². The van der Waals surface area contributed by atoms with Gasteiger partial charge in [-0.15, -0.1) is 0 Å². The molecule has 3 aliphatic rings. The first-order valence-electron chi connectivity index (χ1n) is 14.3. The normalized spacial score (nSPS) is 24.1. The number of rotatable bonds is 3. The fourth-order valence-electron chi connectivity index (χ4n) is 6.67. The van der Waals surface area contributed by atoms with Crippen molar-refractivity contribution in [1.29, 1.82) is 0 Å². The molecule has 2 aromatic rings. The Balaban J connectivity index is 1.37. The quantitative estimate of drug-likeness (QED) is 0.626. The first-order valence-corrected chi connectivity index (χ1v) is 14.3. The van der Waals surface area contributed by atoms with Crippen molar-refractivity contribution in [3.05, 3.63) is 47.3 Å². The molecule has 4 heterocycles. The molecule has 40 heavy (non-hydrogen) atoms. The average molecular weight is 550 g/mol. The van der Waals surface area contributed by atoms with Crippen LogP contribution in [0.3, 0.4) is 0 Å². The summed E-state index contributed by atoms with van der Waals surface area (Å²) in [7, 11) is 3.26. The molecule has 1 N–H and O–H groups in total. The minimum absolute atomic E-state index is 0.00316. The molecule has 0 unspecified atom stereocenters. The molecule has 0 saturated carbocycles. The van der Waals surface area contributed by atoms with Gasteiger partial charge in [-0.25, -0.2) is 0 Å². The standard InChI is InChI=1S/C30H39N5O5/c1-39-26-15-20-8-9-28(37)35-18-21-14-24(19-34(17-21)30(38)23-10-12-32-33-16-23)25(35)6-3-7-27(36)31-11-4-5-22(13-20)29(26)40-2/h10,12-13,15-16,21,24-25H,3-9,11,14,17-19H2,1-2H3,(H,31,36)/t21-,24-,25-/m0/s1. The van der Waals surface area contributed by atoms with E-state index in [0.29, 0.717) is 68.9 Å². The molecular weight excluding hydrogens is 510 g/mol. The van der Waals surface area contributed by atoms with E-state index in [0.717, 1.165) is 36.8 Å². The summed E-state index contributed by atoms with van der Waals surface area (Å²) in [6.07, 6.45) is 8.43. The van der Waals surface area contributed by atoms with Crippen molar-refractivity contribution in [2.45, 2.75) is 57.4 Å². The van der Waals surface area contributed by atoms with E-state index in [9.17, 15) is 14.4 Å². The van der Waals surface area contributed by atoms with E-state index in [2.05, 4.69) is 26.5 Å². The van der Waals surface area contributed by atoms with Crippen molar-refractivity contribution < 1.29 is 23.9 Å². The maximum Gasteiger partial charge on any atom is 0.255 e. The second-order valence-electron chi connectivity index (χ2n) is 11.2. The number of benzene rings is 1. The lowest BCUT2D eigenvalue weighted by Gasteiger charge is -2.51. The van der Waals surface area contributed by atoms with Crippen LogP contribution in [0.5, 0.6) is 11.5 Å². The largest absolute Gasteiger partial charge is 0.493 e. The molecule has 214 valence electrons. The molecular formula is C30H39N5O5. The summed E-state index contributed by atoms with van der Waals surface area (Å²) in [5.41, 5.74) is 2.59. The molecule has 0 aliphatic carbocycles. The van der Waals surface area contributed by atoms with Gasteiger partial charge < -0.3 is 24.6 Å². The van der Waals surface area contributed by atoms with Gasteiger partial charge in [0.05, 0.1) is 32.2 Å². The highest BCUT2D eigenvalue weighted by atomic mass is 16.5. The van der Waals surface area contributed by atoms with Crippen LogP contribution < -0.4 is 14.8 Å². The van der Waals surface area contributed by atoms with Gasteiger partial charge in [-0.2, -0.15) is 10.2 Å². The Morgan fingerprint density at radius 1 is 1.00 bits per heavy atom. The molecule has 10 heteroatoms. The Morgan fingerprint density at radius 3 is 2.65 bits per heavy atom. The van der Waals surface area contributed by atoms with E-state index in [1.165, 1.54) is 12.4 Å². The van der Waals surface area contributed by atoms with Crippen LogP contribution in [-0.2, 0) is 22.4 Å². The van der Waals surface area contributed by atoms with Crippen molar-refractivity contribution in [1.82, 2.24) is 25.3 Å². The molecule has 0 radical (unpaired) electrons. The van der Waals surface area contributed by atoms with Crippen LogP contribution >= 0.6 is 0 Å². The number of ether oxygens (including phenoxy) is 2. The molecule has 3 atom stereocenters. The summed E-state index contributed by atoms with van der Waals surface area (Å²) in [5.74, 6) is 1.88. The number of piperidine rings is 2. The number of aromatic nitrogens is 2. The van der Waals surface area contributed by atoms with Crippen LogP contribution in [0.4, 0.5) is 0 Å². The van der Waals surface area contributed by atoms with Gasteiger partial charge in [0.15, 0.2) is 11.5 Å². The van der Waals surface area contributed by atoms with Gasteiger partial charge >= 0.3 is 0 Å². The molecule has 2 saturated heterocycles. The van der Waals surface area contributed by atoms with Crippen LogP contribution in [0.2, 0.25) is 0 Å². The summed E-state index contributed by atoms with van der Waals surface area (Å²) in [6.45, 7) is 2.43. The third-order valence-corrected chi connectivity index (χ3v) is 8.50. The Kier molecular flexibility index (Phi) is 8.81. The van der Waals surface area contributed by atoms with E-state index in [-0.39, 0.29) is 35.6 Å². The number of carbonyl (C=O) groups excluding carboxylic acids is 3. The zero-order chi connectivity index (χ0) is 28.1. The monoisotopic (exact) mass is 549 g/mol. The number of likely N-dealkylation sites (tertiary alicyclic amines) is 1. The molecule has 4 bridgehead atoms. The number of carbonyl (C=O) groups is 3. The number of methoxy groups -OCH3 is 2. The van der Waals surface area contributed by atoms with Crippen LogP contribution in [0.15, 0.2) is 30.6 Å². The number of nitrogens with zero attached hydrogens (tertiary/aromatic N) is 4. The Morgan fingerprint density at radius 2 is 1.88 bits per heavy atom. The maximum absolute atomic E-state index is 13.7. The number of amides is 3. The van der Waals surface area contributed by atoms with Crippen molar-refractivity contribution in [2.75, 3.05) is 40.4 Å². The fraction of sp³-hybridized carbons (Fsp3) is 0.567. The van der Waals surface area contributed by atoms with Gasteiger partial charge in [0.1, 0.15) is 0 Å². The summed E-state index contributed by atoms with van der Waals surface area (Å²) in [4.78, 5) is 43.5. The lowest BCUT2D eigenvalue weighted by atomic mass is 9.77. The second-order valence-corrected chi connectivity index (χ2v) is 11.2. The third-order valence-electron chi connectivity index (χ3n) is 8.50. The van der Waals surface area contributed by atoms with Crippen LogP contribution in [0.25, 0.3) is 0 Å². The van der Waals surface area contributed by atoms with Gasteiger partial charge in [0.25, 0.3) is 5.91 Å². The second kappa shape index (κ2) is 12.7. The minimum atomic E-state index is -0.0405. The van der Waals surface area contributed by atoms with Crippen LogP contribution in [0, 0.1) is 11.8 Å². The fourth-order valence-corrected chi connectivity index (χ4v) is 6.67. The maximum atomic E-state index is 13.7. The average Bonchev–Trinajstić information content (AvgIpc) is 2.98. The highest BCUT2D eigenvalue weighted by Crippen LogP contribution is 2.37. The van der Waals surface area contributed by atoms with E-state index >= 15 is 0 Å². The molecule has 10 nitrogen and oxygen atoms in total. The first-order chi connectivity index (χ1) is 19.5. The molecule has 3 amide bonds. The number of aryl methyl sites for hydroxylation is 2. The molecule has 5 rings (SSSR count). The Bertz CT molecular complexity index is 1220. The highest BCUT2D eigenvalue weighted by Gasteiger charge is 2.43.